The van der Waals surface area contributed by atoms with Gasteiger partial charge in [0.25, 0.3) is 0 Å². The smallest absolute Gasteiger partial charge is 0.225 e. The molecule has 0 aromatic heterocycles. The fraction of sp³-hybridized carbons (Fsp3) is 0.533. The summed E-state index contributed by atoms with van der Waals surface area (Å²) in [5.74, 6) is -0.647. The van der Waals surface area contributed by atoms with Gasteiger partial charge in [0.2, 0.25) is 5.91 Å². The van der Waals surface area contributed by atoms with Gasteiger partial charge in [0.15, 0.2) is 0 Å². The monoisotopic (exact) mass is 334 g/mol. The van der Waals surface area contributed by atoms with E-state index in [9.17, 15) is 9.18 Å². The molecule has 2 rings (SSSR count). The van der Waals surface area contributed by atoms with E-state index in [1.54, 1.807) is 6.07 Å². The van der Waals surface area contributed by atoms with Crippen molar-refractivity contribution >= 4 is 29.9 Å². The zero-order valence-electron chi connectivity index (χ0n) is 12.0. The summed E-state index contributed by atoms with van der Waals surface area (Å²) in [5.41, 5.74) is 6.54. The maximum absolute atomic E-state index is 13.1. The summed E-state index contributed by atoms with van der Waals surface area (Å²) in [4.78, 5) is 12.2. The summed E-state index contributed by atoms with van der Waals surface area (Å²) in [6.07, 6.45) is 3.80. The molecule has 0 bridgehead atoms. The van der Waals surface area contributed by atoms with E-state index in [-0.39, 0.29) is 29.3 Å². The average molecular weight is 335 g/mol. The molecule has 2 atom stereocenters. The number of halogens is 3. The van der Waals surface area contributed by atoms with Crippen molar-refractivity contribution in [3.8, 4) is 0 Å². The molecule has 1 aliphatic carbocycles. The minimum Gasteiger partial charge on any atom is -0.352 e. The molecule has 3 nitrogen and oxygen atoms in total. The van der Waals surface area contributed by atoms with Crippen LogP contribution in [0.5, 0.6) is 0 Å². The van der Waals surface area contributed by atoms with E-state index < -0.39 is 11.4 Å². The number of nitrogens with two attached hydrogens (primary N) is 1. The van der Waals surface area contributed by atoms with Gasteiger partial charge < -0.3 is 11.1 Å². The van der Waals surface area contributed by atoms with Crippen molar-refractivity contribution in [3.63, 3.8) is 0 Å². The van der Waals surface area contributed by atoms with Crippen LogP contribution in [0.3, 0.4) is 0 Å². The van der Waals surface area contributed by atoms with E-state index in [1.165, 1.54) is 12.1 Å². The quantitative estimate of drug-likeness (QED) is 0.889. The van der Waals surface area contributed by atoms with Crippen LogP contribution in [-0.2, 0) is 11.3 Å². The number of benzene rings is 1. The molecule has 1 saturated carbocycles. The molecule has 21 heavy (non-hydrogen) atoms. The fourth-order valence-corrected chi connectivity index (χ4v) is 2.95. The van der Waals surface area contributed by atoms with Gasteiger partial charge in [0.05, 0.1) is 10.9 Å². The first-order valence-electron chi connectivity index (χ1n) is 6.91. The van der Waals surface area contributed by atoms with Crippen LogP contribution in [-0.4, -0.2) is 11.4 Å². The standard InChI is InChI=1S/C15H20ClFN2O.ClH/c1-15(18)7-3-2-4-11(15)14(20)19-9-10-5-6-13(17)12(16)8-10;/h5-6,8,11H,2-4,7,9,18H2,1H3,(H,19,20);1H. The summed E-state index contributed by atoms with van der Waals surface area (Å²) >= 11 is 5.72. The Morgan fingerprint density at radius 2 is 2.24 bits per heavy atom. The van der Waals surface area contributed by atoms with Crippen LogP contribution < -0.4 is 11.1 Å². The van der Waals surface area contributed by atoms with Crippen molar-refractivity contribution in [1.29, 1.82) is 0 Å². The zero-order valence-corrected chi connectivity index (χ0v) is 13.6. The molecule has 0 radical (unpaired) electrons. The summed E-state index contributed by atoms with van der Waals surface area (Å²) in [7, 11) is 0. The minimum absolute atomic E-state index is 0. The van der Waals surface area contributed by atoms with Gasteiger partial charge in [0, 0.05) is 12.1 Å². The van der Waals surface area contributed by atoms with E-state index in [2.05, 4.69) is 5.32 Å². The Labute approximate surface area is 135 Å². The number of hydrogen-bond donors (Lipinski definition) is 2. The first-order valence-corrected chi connectivity index (χ1v) is 7.28. The second-order valence-electron chi connectivity index (χ2n) is 5.77. The SMILES string of the molecule is CC1(N)CCCCC1C(=O)NCc1ccc(F)c(Cl)c1.Cl. The third-order valence-electron chi connectivity index (χ3n) is 4.02. The van der Waals surface area contributed by atoms with Crippen LogP contribution in [0.25, 0.3) is 0 Å². The molecule has 6 heteroatoms. The molecule has 1 fully saturated rings. The number of carbonyl (C=O) groups excluding carboxylic acids is 1. The summed E-state index contributed by atoms with van der Waals surface area (Å²) in [6, 6.07) is 4.45. The van der Waals surface area contributed by atoms with E-state index in [4.69, 9.17) is 17.3 Å². The Morgan fingerprint density at radius 3 is 2.86 bits per heavy atom. The largest absolute Gasteiger partial charge is 0.352 e. The topological polar surface area (TPSA) is 55.1 Å². The Bertz CT molecular complexity index is 508. The van der Waals surface area contributed by atoms with Crippen molar-refractivity contribution in [2.24, 2.45) is 11.7 Å². The highest BCUT2D eigenvalue weighted by Crippen LogP contribution is 2.31. The molecule has 118 valence electrons. The first-order chi connectivity index (χ1) is 9.40. The molecular weight excluding hydrogens is 314 g/mol. The molecule has 1 aromatic rings. The molecular formula is C15H21Cl2FN2O. The normalized spacial score (nSPS) is 25.0. The molecule has 1 aromatic carbocycles. The van der Waals surface area contributed by atoms with Gasteiger partial charge in [-0.05, 0) is 37.5 Å². The minimum atomic E-state index is -0.455. The highest BCUT2D eigenvalue weighted by molar-refractivity contribution is 6.30. The molecule has 2 unspecified atom stereocenters. The molecule has 0 spiro atoms. The number of hydrogen-bond acceptors (Lipinski definition) is 2. The lowest BCUT2D eigenvalue weighted by atomic mass is 9.74. The van der Waals surface area contributed by atoms with Gasteiger partial charge in [-0.1, -0.05) is 30.5 Å². The van der Waals surface area contributed by atoms with Gasteiger partial charge >= 0.3 is 0 Å². The van der Waals surface area contributed by atoms with E-state index in [1.807, 2.05) is 6.92 Å². The van der Waals surface area contributed by atoms with Crippen LogP contribution in [0, 0.1) is 11.7 Å². The van der Waals surface area contributed by atoms with E-state index in [0.717, 1.165) is 31.2 Å². The van der Waals surface area contributed by atoms with Crippen LogP contribution in [0.15, 0.2) is 18.2 Å². The average Bonchev–Trinajstić information content (AvgIpc) is 2.39. The predicted molar refractivity (Wildman–Crippen MR) is 85.1 cm³/mol. The second kappa shape index (κ2) is 7.43. The van der Waals surface area contributed by atoms with Crippen molar-refractivity contribution in [1.82, 2.24) is 5.32 Å². The number of carbonyl (C=O) groups is 1. The molecule has 1 amide bonds. The second-order valence-corrected chi connectivity index (χ2v) is 6.18. The number of amides is 1. The summed E-state index contributed by atoms with van der Waals surface area (Å²) < 4.78 is 13.1. The Hall–Kier alpha value is -0.840. The number of nitrogens with one attached hydrogen (secondary N) is 1. The maximum Gasteiger partial charge on any atom is 0.225 e. The first kappa shape index (κ1) is 18.2. The lowest BCUT2D eigenvalue weighted by Crippen LogP contribution is -2.52. The lowest BCUT2D eigenvalue weighted by Gasteiger charge is -2.37. The molecule has 1 aliphatic rings. The maximum atomic E-state index is 13.1. The van der Waals surface area contributed by atoms with Gasteiger partial charge in [-0.3, -0.25) is 4.79 Å². The fourth-order valence-electron chi connectivity index (χ4n) is 2.75. The van der Waals surface area contributed by atoms with Crippen molar-refractivity contribution in [3.05, 3.63) is 34.6 Å². The predicted octanol–water partition coefficient (Wildman–Crippen LogP) is 3.42. The Kier molecular flexibility index (Phi) is 6.44. The van der Waals surface area contributed by atoms with Crippen LogP contribution >= 0.6 is 24.0 Å². The summed E-state index contributed by atoms with van der Waals surface area (Å²) in [6.45, 7) is 2.27. The van der Waals surface area contributed by atoms with E-state index >= 15 is 0 Å². The van der Waals surface area contributed by atoms with Crippen LogP contribution in [0.4, 0.5) is 4.39 Å². The third kappa shape index (κ3) is 4.56. The van der Waals surface area contributed by atoms with Gasteiger partial charge in [-0.25, -0.2) is 4.39 Å². The highest BCUT2D eigenvalue weighted by Gasteiger charge is 2.37. The highest BCUT2D eigenvalue weighted by atomic mass is 35.5. The molecule has 0 heterocycles. The van der Waals surface area contributed by atoms with Gasteiger partial charge in [0.1, 0.15) is 5.82 Å². The zero-order chi connectivity index (χ0) is 14.8. The molecule has 3 N–H and O–H groups in total. The molecule has 0 saturated heterocycles. The molecule has 0 aliphatic heterocycles. The Balaban J connectivity index is 0.00000220. The van der Waals surface area contributed by atoms with Crippen molar-refractivity contribution in [2.45, 2.75) is 44.7 Å². The number of rotatable bonds is 3. The van der Waals surface area contributed by atoms with Crippen molar-refractivity contribution < 1.29 is 9.18 Å². The third-order valence-corrected chi connectivity index (χ3v) is 4.31. The van der Waals surface area contributed by atoms with Gasteiger partial charge in [-0.15, -0.1) is 12.4 Å². The summed E-state index contributed by atoms with van der Waals surface area (Å²) in [5, 5.41) is 2.94. The van der Waals surface area contributed by atoms with Crippen molar-refractivity contribution in [2.75, 3.05) is 0 Å². The Morgan fingerprint density at radius 1 is 1.52 bits per heavy atom. The lowest BCUT2D eigenvalue weighted by molar-refractivity contribution is -0.128. The van der Waals surface area contributed by atoms with Crippen LogP contribution in [0.2, 0.25) is 5.02 Å². The van der Waals surface area contributed by atoms with Crippen LogP contribution in [0.1, 0.15) is 38.2 Å². The van der Waals surface area contributed by atoms with E-state index in [0.29, 0.717) is 6.54 Å². The van der Waals surface area contributed by atoms with Gasteiger partial charge in [-0.2, -0.15) is 0 Å².